The summed E-state index contributed by atoms with van der Waals surface area (Å²) in [6, 6.07) is 9.32. The van der Waals surface area contributed by atoms with E-state index in [0.717, 1.165) is 5.75 Å². The summed E-state index contributed by atoms with van der Waals surface area (Å²) in [5, 5.41) is 3.62. The molecule has 0 radical (unpaired) electrons. The fourth-order valence-corrected chi connectivity index (χ4v) is 4.02. The van der Waals surface area contributed by atoms with Crippen LogP contribution < -0.4 is 5.32 Å². The Hall–Kier alpha value is -1.15. The van der Waals surface area contributed by atoms with Crippen LogP contribution >= 0.6 is 11.8 Å². The second-order valence-electron chi connectivity index (χ2n) is 7.53. The summed E-state index contributed by atoms with van der Waals surface area (Å²) < 4.78 is 0. The van der Waals surface area contributed by atoms with E-state index in [0.29, 0.717) is 12.0 Å². The van der Waals surface area contributed by atoms with Gasteiger partial charge < -0.3 is 5.32 Å². The minimum Gasteiger partial charge on any atom is -0.382 e. The molecule has 0 saturated carbocycles. The number of thioether (sulfide) groups is 1. The molecule has 2 heteroatoms. The van der Waals surface area contributed by atoms with Crippen molar-refractivity contribution in [3.63, 3.8) is 0 Å². The Kier molecular flexibility index (Phi) is 10.8. The molecule has 0 heterocycles. The number of hydrogen-bond donors (Lipinski definition) is 1. The van der Waals surface area contributed by atoms with Crippen molar-refractivity contribution < 1.29 is 0 Å². The highest BCUT2D eigenvalue weighted by Gasteiger charge is 2.12. The van der Waals surface area contributed by atoms with Crippen molar-refractivity contribution in [1.29, 1.82) is 0 Å². The first-order chi connectivity index (χ1) is 12.4. The van der Waals surface area contributed by atoms with Crippen LogP contribution in [0.4, 0.5) is 0 Å². The third kappa shape index (κ3) is 7.61. The van der Waals surface area contributed by atoms with Crippen LogP contribution in [0.25, 0.3) is 4.91 Å². The lowest BCUT2D eigenvalue weighted by molar-refractivity contribution is 0.495. The predicted octanol–water partition coefficient (Wildman–Crippen LogP) is 7.96. The van der Waals surface area contributed by atoms with Gasteiger partial charge in [0.05, 0.1) is 0 Å². The molecule has 1 N–H and O–H groups in total. The lowest BCUT2D eigenvalue weighted by Crippen LogP contribution is -2.21. The molecule has 0 amide bonds. The van der Waals surface area contributed by atoms with Crippen molar-refractivity contribution >= 4 is 16.7 Å². The van der Waals surface area contributed by atoms with Crippen LogP contribution in [0.2, 0.25) is 0 Å². The molecule has 0 fully saturated rings. The van der Waals surface area contributed by atoms with Crippen LogP contribution in [0.1, 0.15) is 90.8 Å². The summed E-state index contributed by atoms with van der Waals surface area (Å²) in [5.74, 6) is 1.64. The molecule has 2 unspecified atom stereocenters. The van der Waals surface area contributed by atoms with Crippen LogP contribution in [-0.2, 0) is 0 Å². The molecule has 0 aliphatic carbocycles. The smallest absolute Gasteiger partial charge is 0.0482 e. The van der Waals surface area contributed by atoms with Gasteiger partial charge in [0.2, 0.25) is 0 Å². The summed E-state index contributed by atoms with van der Waals surface area (Å²) in [6.07, 6.45) is 6.52. The molecule has 0 aliphatic heterocycles. The Morgan fingerprint density at radius 1 is 1.04 bits per heavy atom. The second-order valence-corrected chi connectivity index (χ2v) is 8.80. The largest absolute Gasteiger partial charge is 0.382 e. The summed E-state index contributed by atoms with van der Waals surface area (Å²) >= 11 is 1.93. The van der Waals surface area contributed by atoms with Crippen molar-refractivity contribution in [3.05, 3.63) is 53.2 Å². The van der Waals surface area contributed by atoms with Gasteiger partial charge in [-0.3, -0.25) is 0 Å². The Morgan fingerprint density at radius 2 is 1.69 bits per heavy atom. The summed E-state index contributed by atoms with van der Waals surface area (Å²) in [5.41, 5.74) is 5.21. The highest BCUT2D eigenvalue weighted by atomic mass is 32.2. The van der Waals surface area contributed by atoms with Gasteiger partial charge in [0.15, 0.2) is 0 Å². The molecule has 1 aromatic carbocycles. The van der Waals surface area contributed by atoms with Crippen molar-refractivity contribution in [3.8, 4) is 0 Å². The van der Waals surface area contributed by atoms with Gasteiger partial charge >= 0.3 is 0 Å². The maximum atomic E-state index is 4.29. The molecule has 26 heavy (non-hydrogen) atoms. The average Bonchev–Trinajstić information content (AvgIpc) is 2.62. The van der Waals surface area contributed by atoms with E-state index in [1.165, 1.54) is 59.4 Å². The highest BCUT2D eigenvalue weighted by molar-refractivity contribution is 8.08. The van der Waals surface area contributed by atoms with Gasteiger partial charge in [0, 0.05) is 16.6 Å². The van der Waals surface area contributed by atoms with Crippen LogP contribution in [0.15, 0.2) is 42.1 Å². The number of rotatable bonds is 12. The number of nitrogens with one attached hydrogen (secondary N) is 1. The zero-order chi connectivity index (χ0) is 19.5. The molecule has 0 saturated heterocycles. The molecule has 0 aliphatic rings. The van der Waals surface area contributed by atoms with E-state index in [2.05, 4.69) is 77.7 Å². The van der Waals surface area contributed by atoms with Gasteiger partial charge in [-0.25, -0.2) is 0 Å². The number of allylic oxidation sites excluding steroid dienone is 2. The maximum absolute atomic E-state index is 4.29. The molecule has 1 nitrogen and oxygen atoms in total. The lowest BCUT2D eigenvalue weighted by Gasteiger charge is -2.22. The predicted molar refractivity (Wildman–Crippen MR) is 121 cm³/mol. The summed E-state index contributed by atoms with van der Waals surface area (Å²) in [4.78, 5) is 1.41. The molecule has 0 aromatic heterocycles. The summed E-state index contributed by atoms with van der Waals surface area (Å²) in [6.45, 7) is 17.7. The number of hydrogen-bond acceptors (Lipinski definition) is 2. The molecular weight excluding hydrogens is 334 g/mol. The fourth-order valence-electron chi connectivity index (χ4n) is 3.14. The standard InChI is InChI=1S/C24H39NS/c1-8-10-11-12-13-19(5)20(6)25-21(7)22-14-16-23(17-15-22)24(18(3)4)26-9-2/h14-17,19,21,25H,6,8-13H2,1-5,7H3. The van der Waals surface area contributed by atoms with E-state index >= 15 is 0 Å². The van der Waals surface area contributed by atoms with E-state index in [9.17, 15) is 0 Å². The third-order valence-electron chi connectivity index (χ3n) is 4.90. The Labute approximate surface area is 166 Å². The number of unbranched alkanes of at least 4 members (excludes halogenated alkanes) is 3. The molecule has 2 atom stereocenters. The lowest BCUT2D eigenvalue weighted by atomic mass is 9.98. The van der Waals surface area contributed by atoms with Crippen LogP contribution in [0, 0.1) is 5.92 Å². The maximum Gasteiger partial charge on any atom is 0.0482 e. The zero-order valence-electron chi connectivity index (χ0n) is 17.8. The van der Waals surface area contributed by atoms with Gasteiger partial charge in [-0.2, -0.15) is 0 Å². The zero-order valence-corrected chi connectivity index (χ0v) is 18.6. The normalized spacial score (nSPS) is 13.2. The third-order valence-corrected chi connectivity index (χ3v) is 6.12. The fraction of sp³-hybridized carbons (Fsp3) is 0.583. The van der Waals surface area contributed by atoms with Crippen LogP contribution in [-0.4, -0.2) is 5.75 Å². The average molecular weight is 374 g/mol. The van der Waals surface area contributed by atoms with E-state index in [4.69, 9.17) is 0 Å². The summed E-state index contributed by atoms with van der Waals surface area (Å²) in [7, 11) is 0. The first kappa shape index (κ1) is 22.9. The van der Waals surface area contributed by atoms with Crippen molar-refractivity contribution in [1.82, 2.24) is 5.32 Å². The Balaban J connectivity index is 2.63. The Morgan fingerprint density at radius 3 is 2.23 bits per heavy atom. The van der Waals surface area contributed by atoms with Gasteiger partial charge in [-0.05, 0) is 50.0 Å². The highest BCUT2D eigenvalue weighted by Crippen LogP contribution is 2.31. The van der Waals surface area contributed by atoms with E-state index in [1.807, 2.05) is 11.8 Å². The molecule has 0 bridgehead atoms. The molecular formula is C24H39NS. The van der Waals surface area contributed by atoms with Crippen LogP contribution in [0.5, 0.6) is 0 Å². The van der Waals surface area contributed by atoms with Crippen molar-refractivity contribution in [2.24, 2.45) is 5.92 Å². The van der Waals surface area contributed by atoms with Crippen molar-refractivity contribution in [2.45, 2.75) is 79.7 Å². The van der Waals surface area contributed by atoms with Gasteiger partial charge in [-0.15, -0.1) is 11.8 Å². The van der Waals surface area contributed by atoms with E-state index in [1.54, 1.807) is 0 Å². The topological polar surface area (TPSA) is 12.0 Å². The first-order valence-corrected chi connectivity index (χ1v) is 11.2. The van der Waals surface area contributed by atoms with Gasteiger partial charge in [0.1, 0.15) is 0 Å². The Bertz CT molecular complexity index is 566. The van der Waals surface area contributed by atoms with Crippen molar-refractivity contribution in [2.75, 3.05) is 5.75 Å². The molecule has 146 valence electrons. The van der Waals surface area contributed by atoms with Gasteiger partial charge in [0.25, 0.3) is 0 Å². The number of benzene rings is 1. The molecule has 1 rings (SSSR count). The van der Waals surface area contributed by atoms with E-state index in [-0.39, 0.29) is 0 Å². The molecule has 0 spiro atoms. The SMILES string of the molecule is C=C(NC(C)c1ccc(C(SCC)=C(C)C)cc1)C(C)CCCCCC. The second kappa shape index (κ2) is 12.3. The first-order valence-electron chi connectivity index (χ1n) is 10.3. The van der Waals surface area contributed by atoms with Crippen LogP contribution in [0.3, 0.4) is 0 Å². The minimum atomic E-state index is 0.295. The van der Waals surface area contributed by atoms with E-state index < -0.39 is 0 Å². The van der Waals surface area contributed by atoms with Gasteiger partial charge in [-0.1, -0.05) is 82.9 Å². The quantitative estimate of drug-likeness (QED) is 0.373. The minimum absolute atomic E-state index is 0.295. The molecule has 1 aromatic rings. The monoisotopic (exact) mass is 373 g/mol.